The molecule has 0 saturated heterocycles. The number of benzene rings is 4. The van der Waals surface area contributed by atoms with Gasteiger partial charge in [0.05, 0.1) is 17.6 Å². The van der Waals surface area contributed by atoms with Crippen molar-refractivity contribution in [3.05, 3.63) is 108 Å². The third-order valence-corrected chi connectivity index (χ3v) is 13.5. The van der Waals surface area contributed by atoms with Crippen LogP contribution in [0.5, 0.6) is 5.75 Å². The van der Waals surface area contributed by atoms with E-state index >= 15 is 0 Å². The third-order valence-electron chi connectivity index (χ3n) is 12.7. The standard InChI is InChI=1S/C51H57ClN9O12P/c1-28(2)46(55-22-21-54-44(64)11-5-9-36-41(62)18-19-42(36)63)49(67)60-38(10-6-20-56-51(53)69)48(66)57-32-14-12-29(13-15-32)47(65)58-33-16-17-37-30(23-33)24-39(59-37)50(68)61-27-31(26-52)45-35-8-4-3-7-34(35)43(25-40(45)61)73-74(70,71)72/h3-4,7-8,12-19,23-25,28,31,36,38,46,55,59H,5-6,9-11,20-22,26-27H2,1-2H3,(H,54,64)(H,57,66)(H,58,65)(H,60,67)(H3,53,56,69)(H2,70,71,72)/t31-,38+,46+/m1/s1. The molecule has 1 aliphatic carbocycles. The van der Waals surface area contributed by atoms with Gasteiger partial charge in [0.25, 0.3) is 11.8 Å². The van der Waals surface area contributed by atoms with Gasteiger partial charge in [0.1, 0.15) is 17.5 Å². The second kappa shape index (κ2) is 24.1. The summed E-state index contributed by atoms with van der Waals surface area (Å²) in [5.74, 6) is -3.82. The zero-order chi connectivity index (χ0) is 53.3. The van der Waals surface area contributed by atoms with E-state index in [9.17, 15) is 52.7 Å². The van der Waals surface area contributed by atoms with Gasteiger partial charge in [0.2, 0.25) is 17.7 Å². The Hall–Kier alpha value is -7.42. The van der Waals surface area contributed by atoms with Crippen LogP contribution in [-0.4, -0.2) is 106 Å². The molecule has 1 aromatic heterocycles. The molecule has 2 heterocycles. The number of ketones is 2. The first-order chi connectivity index (χ1) is 35.3. The fraction of sp³-hybridized carbons (Fsp3) is 0.333. The number of hydrogen-bond acceptors (Lipinski definition) is 11. The Morgan fingerprint density at radius 1 is 0.851 bits per heavy atom. The Kier molecular flexibility index (Phi) is 17.7. The van der Waals surface area contributed by atoms with Crippen molar-refractivity contribution in [2.45, 2.75) is 64.0 Å². The highest BCUT2D eigenvalue weighted by atomic mass is 35.5. The van der Waals surface area contributed by atoms with Crippen LogP contribution in [0.2, 0.25) is 0 Å². The van der Waals surface area contributed by atoms with Crippen LogP contribution in [0.4, 0.5) is 21.9 Å². The quantitative estimate of drug-likeness (QED) is 0.0176. The lowest BCUT2D eigenvalue weighted by atomic mass is 9.95. The van der Waals surface area contributed by atoms with Crippen LogP contribution in [0, 0.1) is 11.8 Å². The average molecular weight is 1050 g/mol. The number of phosphoric acid groups is 1. The highest BCUT2D eigenvalue weighted by Gasteiger charge is 2.37. The molecule has 7 amide bonds. The second-order valence-corrected chi connectivity index (χ2v) is 19.8. The number of allylic oxidation sites excluding steroid dienone is 2. The van der Waals surface area contributed by atoms with Crippen molar-refractivity contribution in [2.75, 3.05) is 47.6 Å². The van der Waals surface area contributed by atoms with Gasteiger partial charge in [0, 0.05) is 83.7 Å². The van der Waals surface area contributed by atoms with Crippen molar-refractivity contribution in [1.82, 2.24) is 26.3 Å². The average Bonchev–Trinajstić information content (AvgIpc) is 4.05. The first-order valence-corrected chi connectivity index (χ1v) is 26.0. The number of primary amides is 1. The molecular weight excluding hydrogens is 997 g/mol. The number of carbonyl (C=O) groups excluding carboxylic acids is 8. The maximum atomic E-state index is 14.2. The molecule has 74 heavy (non-hydrogen) atoms. The second-order valence-electron chi connectivity index (χ2n) is 18.3. The van der Waals surface area contributed by atoms with E-state index in [1.54, 1.807) is 48.5 Å². The minimum atomic E-state index is -4.95. The number of urea groups is 1. The maximum Gasteiger partial charge on any atom is 0.524 e. The molecule has 7 rings (SSSR count). The molecule has 0 unspecified atom stereocenters. The Labute approximate surface area is 430 Å². The van der Waals surface area contributed by atoms with E-state index in [1.165, 1.54) is 47.4 Å². The van der Waals surface area contributed by atoms with E-state index in [0.29, 0.717) is 45.2 Å². The zero-order valence-corrected chi connectivity index (χ0v) is 42.1. The molecule has 5 aromatic rings. The van der Waals surface area contributed by atoms with E-state index in [0.717, 1.165) is 5.56 Å². The number of phosphoric ester groups is 1. The highest BCUT2D eigenvalue weighted by molar-refractivity contribution is 7.46. The number of hydrogen-bond donors (Lipinski definition) is 10. The van der Waals surface area contributed by atoms with Gasteiger partial charge < -0.3 is 52.0 Å². The van der Waals surface area contributed by atoms with Gasteiger partial charge in [-0.2, -0.15) is 0 Å². The lowest BCUT2D eigenvalue weighted by Crippen LogP contribution is -2.54. The van der Waals surface area contributed by atoms with Gasteiger partial charge in [-0.3, -0.25) is 43.3 Å². The predicted molar refractivity (Wildman–Crippen MR) is 278 cm³/mol. The van der Waals surface area contributed by atoms with Crippen molar-refractivity contribution in [1.29, 1.82) is 0 Å². The lowest BCUT2D eigenvalue weighted by molar-refractivity contribution is -0.128. The monoisotopic (exact) mass is 1050 g/mol. The zero-order valence-electron chi connectivity index (χ0n) is 40.4. The number of aromatic nitrogens is 1. The largest absolute Gasteiger partial charge is 0.524 e. The summed E-state index contributed by atoms with van der Waals surface area (Å²) >= 11 is 6.41. The summed E-state index contributed by atoms with van der Waals surface area (Å²) in [6.45, 7) is 4.41. The molecule has 0 radical (unpaired) electrons. The smallest absolute Gasteiger partial charge is 0.404 e. The normalized spacial score (nSPS) is 15.3. The molecule has 11 N–H and O–H groups in total. The van der Waals surface area contributed by atoms with Gasteiger partial charge in [-0.15, -0.1) is 11.6 Å². The van der Waals surface area contributed by atoms with Crippen LogP contribution in [0.1, 0.15) is 78.3 Å². The minimum Gasteiger partial charge on any atom is -0.404 e. The number of rotatable bonds is 23. The van der Waals surface area contributed by atoms with Crippen LogP contribution in [0.3, 0.4) is 0 Å². The first-order valence-electron chi connectivity index (χ1n) is 23.9. The maximum absolute atomic E-state index is 14.2. The number of nitrogens with one attached hydrogen (secondary N) is 7. The number of carbonyl (C=O) groups is 8. The Balaban J connectivity index is 0.948. The van der Waals surface area contributed by atoms with Gasteiger partial charge in [-0.1, -0.05) is 38.1 Å². The Morgan fingerprint density at radius 3 is 2.23 bits per heavy atom. The number of nitrogens with zero attached hydrogens (tertiary/aromatic N) is 1. The number of H-pyrrole nitrogens is 1. The van der Waals surface area contributed by atoms with Crippen LogP contribution in [0.15, 0.2) is 91.0 Å². The van der Waals surface area contributed by atoms with E-state index in [-0.39, 0.29) is 104 Å². The van der Waals surface area contributed by atoms with Crippen LogP contribution in [-0.2, 0) is 28.5 Å². The van der Waals surface area contributed by atoms with Crippen molar-refractivity contribution in [3.8, 4) is 5.75 Å². The fourth-order valence-electron chi connectivity index (χ4n) is 9.03. The predicted octanol–water partition coefficient (Wildman–Crippen LogP) is 5.12. The number of halogens is 1. The highest BCUT2D eigenvalue weighted by Crippen LogP contribution is 2.49. The lowest BCUT2D eigenvalue weighted by Gasteiger charge is -2.25. The summed E-state index contributed by atoms with van der Waals surface area (Å²) in [5, 5.41) is 18.5. The molecule has 1 aliphatic heterocycles. The number of alkyl halides is 1. The van der Waals surface area contributed by atoms with E-state index in [1.807, 2.05) is 13.8 Å². The van der Waals surface area contributed by atoms with Gasteiger partial charge in [-0.25, -0.2) is 9.36 Å². The summed E-state index contributed by atoms with van der Waals surface area (Å²) < 4.78 is 17.0. The number of anilines is 3. The van der Waals surface area contributed by atoms with Crippen molar-refractivity contribution in [2.24, 2.45) is 17.6 Å². The topological polar surface area (TPSA) is 321 Å². The van der Waals surface area contributed by atoms with Crippen LogP contribution in [0.25, 0.3) is 21.7 Å². The van der Waals surface area contributed by atoms with Crippen LogP contribution < -0.4 is 47.1 Å². The third kappa shape index (κ3) is 13.6. The number of aromatic amines is 1. The number of fused-ring (bicyclic) bond motifs is 4. The molecule has 0 fully saturated rings. The van der Waals surface area contributed by atoms with Crippen molar-refractivity contribution >= 4 is 105 Å². The molecule has 4 aromatic carbocycles. The molecule has 0 saturated carbocycles. The van der Waals surface area contributed by atoms with Gasteiger partial charge >= 0.3 is 13.9 Å². The molecule has 23 heteroatoms. The van der Waals surface area contributed by atoms with Gasteiger partial charge in [0.15, 0.2) is 11.6 Å². The molecular formula is C51H57ClN9O12P. The van der Waals surface area contributed by atoms with Crippen LogP contribution >= 0.6 is 19.4 Å². The van der Waals surface area contributed by atoms with Gasteiger partial charge in [-0.05, 0) is 103 Å². The minimum absolute atomic E-state index is 0.0817. The Morgan fingerprint density at radius 2 is 1.55 bits per heavy atom. The van der Waals surface area contributed by atoms with E-state index in [4.69, 9.17) is 21.9 Å². The fourth-order valence-corrected chi connectivity index (χ4v) is 9.69. The molecule has 3 atom stereocenters. The summed E-state index contributed by atoms with van der Waals surface area (Å²) in [5.41, 5.74) is 8.19. The molecule has 21 nitrogen and oxygen atoms in total. The number of nitrogens with two attached hydrogens (primary N) is 1. The van der Waals surface area contributed by atoms with E-state index in [2.05, 4.69) is 36.9 Å². The number of amides is 7. The summed E-state index contributed by atoms with van der Waals surface area (Å²) in [6, 6.07) is 18.6. The SMILES string of the molecule is CC(C)[C@H](NCCNC(=O)CCCC1C(=O)C=CC1=O)C(=O)N[C@@H](CCCNC(N)=O)C(=O)Nc1ccc(C(=O)Nc2ccc3[nH]c(C(=O)N4C[C@@H](CCl)c5c4cc(OP(=O)(O)O)c4ccccc54)cc3c2)cc1. The summed E-state index contributed by atoms with van der Waals surface area (Å²) in [6.07, 6.45) is 3.70. The molecule has 0 bridgehead atoms. The molecule has 2 aliphatic rings. The molecule has 390 valence electrons. The summed E-state index contributed by atoms with van der Waals surface area (Å²) in [7, 11) is -4.95. The van der Waals surface area contributed by atoms with Crippen molar-refractivity contribution in [3.63, 3.8) is 0 Å². The Bertz CT molecular complexity index is 3050. The van der Waals surface area contributed by atoms with E-state index < -0.39 is 55.5 Å². The molecule has 0 spiro atoms. The first kappa shape index (κ1) is 54.4. The van der Waals surface area contributed by atoms with Crippen molar-refractivity contribution < 1.29 is 57.2 Å². The summed E-state index contributed by atoms with van der Waals surface area (Å²) in [4.78, 5) is 126.